The standard InChI is InChI=1S/C14H20F2O2/c1-3-4-8-18-14-12(15)9-11(10-13(14)16)6-5-7-17-2/h9-10H,3-8H2,1-2H3. The zero-order chi connectivity index (χ0) is 13.4. The van der Waals surface area contributed by atoms with Gasteiger partial charge in [0.15, 0.2) is 17.4 Å². The van der Waals surface area contributed by atoms with Crippen LogP contribution in [0.15, 0.2) is 12.1 Å². The normalized spacial score (nSPS) is 10.7. The molecule has 0 heterocycles. The predicted octanol–water partition coefficient (Wildman–Crippen LogP) is 3.72. The molecule has 0 unspecified atom stereocenters. The van der Waals surface area contributed by atoms with Crippen LogP contribution in [0.1, 0.15) is 31.7 Å². The van der Waals surface area contributed by atoms with Crippen LogP contribution in [0.25, 0.3) is 0 Å². The largest absolute Gasteiger partial charge is 0.488 e. The van der Waals surface area contributed by atoms with E-state index in [2.05, 4.69) is 0 Å². The van der Waals surface area contributed by atoms with Crippen molar-refractivity contribution >= 4 is 0 Å². The average molecular weight is 258 g/mol. The fraction of sp³-hybridized carbons (Fsp3) is 0.571. The van der Waals surface area contributed by atoms with Gasteiger partial charge < -0.3 is 9.47 Å². The minimum atomic E-state index is -0.626. The molecule has 0 saturated carbocycles. The molecule has 2 nitrogen and oxygen atoms in total. The van der Waals surface area contributed by atoms with Crippen molar-refractivity contribution in [2.75, 3.05) is 20.3 Å². The number of rotatable bonds is 8. The Hall–Kier alpha value is -1.16. The van der Waals surface area contributed by atoms with Gasteiger partial charge in [-0.2, -0.15) is 0 Å². The van der Waals surface area contributed by atoms with E-state index < -0.39 is 11.6 Å². The number of unbranched alkanes of at least 4 members (excludes halogenated alkanes) is 1. The molecule has 1 rings (SSSR count). The van der Waals surface area contributed by atoms with Crippen LogP contribution in [0.4, 0.5) is 8.78 Å². The number of ether oxygens (including phenoxy) is 2. The van der Waals surface area contributed by atoms with Crippen molar-refractivity contribution in [2.24, 2.45) is 0 Å². The maximum atomic E-state index is 13.7. The van der Waals surface area contributed by atoms with Crippen molar-refractivity contribution in [3.63, 3.8) is 0 Å². The highest BCUT2D eigenvalue weighted by atomic mass is 19.1. The molecule has 1 aromatic carbocycles. The molecule has 0 aliphatic rings. The minimum absolute atomic E-state index is 0.265. The van der Waals surface area contributed by atoms with Crippen LogP contribution in [0, 0.1) is 11.6 Å². The fourth-order valence-corrected chi connectivity index (χ4v) is 1.63. The molecule has 0 aliphatic heterocycles. The van der Waals surface area contributed by atoms with Gasteiger partial charge in [0.1, 0.15) is 0 Å². The first kappa shape index (κ1) is 14.9. The molecular formula is C14H20F2O2. The summed E-state index contributed by atoms with van der Waals surface area (Å²) in [4.78, 5) is 0. The molecule has 102 valence electrons. The number of hydrogen-bond acceptors (Lipinski definition) is 2. The van der Waals surface area contributed by atoms with E-state index in [4.69, 9.17) is 9.47 Å². The molecule has 4 heteroatoms. The van der Waals surface area contributed by atoms with Crippen LogP contribution in [0.5, 0.6) is 5.75 Å². The Bertz CT molecular complexity index is 344. The Morgan fingerprint density at radius 2 is 1.72 bits per heavy atom. The van der Waals surface area contributed by atoms with Gasteiger partial charge in [-0.15, -0.1) is 0 Å². The first-order chi connectivity index (χ1) is 8.69. The summed E-state index contributed by atoms with van der Waals surface area (Å²) in [6.45, 7) is 2.92. The number of benzene rings is 1. The molecule has 0 N–H and O–H groups in total. The van der Waals surface area contributed by atoms with Crippen LogP contribution in [0.3, 0.4) is 0 Å². The molecule has 0 bridgehead atoms. The van der Waals surface area contributed by atoms with Gasteiger partial charge in [-0.05, 0) is 37.0 Å². The first-order valence-corrected chi connectivity index (χ1v) is 6.28. The molecule has 0 amide bonds. The summed E-state index contributed by atoms with van der Waals surface area (Å²) in [5, 5.41) is 0. The van der Waals surface area contributed by atoms with Gasteiger partial charge in [0, 0.05) is 13.7 Å². The Morgan fingerprint density at radius 3 is 2.28 bits per heavy atom. The smallest absolute Gasteiger partial charge is 0.190 e. The second kappa shape index (κ2) is 8.03. The first-order valence-electron chi connectivity index (χ1n) is 6.28. The molecule has 1 aromatic rings. The second-order valence-corrected chi connectivity index (χ2v) is 4.19. The molecule has 0 saturated heterocycles. The van der Waals surface area contributed by atoms with E-state index in [1.165, 1.54) is 12.1 Å². The summed E-state index contributed by atoms with van der Waals surface area (Å²) in [5.74, 6) is -1.52. The lowest BCUT2D eigenvalue weighted by molar-refractivity contribution is 0.195. The highest BCUT2D eigenvalue weighted by Crippen LogP contribution is 2.24. The van der Waals surface area contributed by atoms with Gasteiger partial charge in [0.2, 0.25) is 0 Å². The van der Waals surface area contributed by atoms with Crippen LogP contribution in [-0.2, 0) is 11.2 Å². The summed E-state index contributed by atoms with van der Waals surface area (Å²) < 4.78 is 37.3. The molecular weight excluding hydrogens is 238 g/mol. The summed E-state index contributed by atoms with van der Waals surface area (Å²) >= 11 is 0. The molecule has 0 aliphatic carbocycles. The van der Waals surface area contributed by atoms with E-state index >= 15 is 0 Å². The van der Waals surface area contributed by atoms with Crippen LogP contribution in [0.2, 0.25) is 0 Å². The summed E-state index contributed by atoms with van der Waals surface area (Å²) in [5.41, 5.74) is 0.630. The van der Waals surface area contributed by atoms with Crippen LogP contribution in [-0.4, -0.2) is 20.3 Å². The van der Waals surface area contributed by atoms with Crippen molar-refractivity contribution in [1.82, 2.24) is 0 Å². The van der Waals surface area contributed by atoms with Crippen molar-refractivity contribution in [3.8, 4) is 5.75 Å². The van der Waals surface area contributed by atoms with E-state index in [1.54, 1.807) is 7.11 Å². The third kappa shape index (κ3) is 4.61. The summed E-state index contributed by atoms with van der Waals surface area (Å²) in [6.07, 6.45) is 3.05. The third-order valence-electron chi connectivity index (χ3n) is 2.62. The second-order valence-electron chi connectivity index (χ2n) is 4.19. The Labute approximate surface area is 107 Å². The zero-order valence-electron chi connectivity index (χ0n) is 11.0. The van der Waals surface area contributed by atoms with Gasteiger partial charge in [-0.1, -0.05) is 13.3 Å². The van der Waals surface area contributed by atoms with E-state index in [1.807, 2.05) is 6.92 Å². The van der Waals surface area contributed by atoms with Gasteiger partial charge in [0.25, 0.3) is 0 Å². The highest BCUT2D eigenvalue weighted by molar-refractivity contribution is 5.31. The minimum Gasteiger partial charge on any atom is -0.488 e. The topological polar surface area (TPSA) is 18.5 Å². The molecule has 0 fully saturated rings. The fourth-order valence-electron chi connectivity index (χ4n) is 1.63. The third-order valence-corrected chi connectivity index (χ3v) is 2.62. The SMILES string of the molecule is CCCCOc1c(F)cc(CCCOC)cc1F. The lowest BCUT2D eigenvalue weighted by Gasteiger charge is -2.09. The van der Waals surface area contributed by atoms with Crippen molar-refractivity contribution in [1.29, 1.82) is 0 Å². The van der Waals surface area contributed by atoms with E-state index in [0.29, 0.717) is 25.2 Å². The van der Waals surface area contributed by atoms with E-state index in [0.717, 1.165) is 19.3 Å². The van der Waals surface area contributed by atoms with Crippen molar-refractivity contribution in [3.05, 3.63) is 29.3 Å². The van der Waals surface area contributed by atoms with E-state index in [9.17, 15) is 8.78 Å². The van der Waals surface area contributed by atoms with Crippen LogP contribution >= 0.6 is 0 Å². The molecule has 0 radical (unpaired) electrons. The van der Waals surface area contributed by atoms with Gasteiger partial charge in [0.05, 0.1) is 6.61 Å². The zero-order valence-corrected chi connectivity index (χ0v) is 11.0. The predicted molar refractivity (Wildman–Crippen MR) is 67.0 cm³/mol. The molecule has 0 atom stereocenters. The summed E-state index contributed by atoms with van der Waals surface area (Å²) in [6, 6.07) is 2.67. The lowest BCUT2D eigenvalue weighted by atomic mass is 10.1. The van der Waals surface area contributed by atoms with Gasteiger partial charge in [-0.3, -0.25) is 0 Å². The maximum Gasteiger partial charge on any atom is 0.190 e. The van der Waals surface area contributed by atoms with Gasteiger partial charge >= 0.3 is 0 Å². The lowest BCUT2D eigenvalue weighted by Crippen LogP contribution is -2.03. The number of aryl methyl sites for hydroxylation is 1. The Balaban J connectivity index is 2.65. The quantitative estimate of drug-likeness (QED) is 0.662. The average Bonchev–Trinajstić information content (AvgIpc) is 2.33. The molecule has 0 spiro atoms. The maximum absolute atomic E-state index is 13.7. The Kier molecular flexibility index (Phi) is 6.65. The molecule has 0 aromatic heterocycles. The van der Waals surface area contributed by atoms with Crippen molar-refractivity contribution < 1.29 is 18.3 Å². The number of methoxy groups -OCH3 is 1. The highest BCUT2D eigenvalue weighted by Gasteiger charge is 2.12. The van der Waals surface area contributed by atoms with E-state index in [-0.39, 0.29) is 5.75 Å². The van der Waals surface area contributed by atoms with Gasteiger partial charge in [-0.25, -0.2) is 8.78 Å². The number of hydrogen-bond donors (Lipinski definition) is 0. The Morgan fingerprint density at radius 1 is 1.06 bits per heavy atom. The monoisotopic (exact) mass is 258 g/mol. The summed E-state index contributed by atoms with van der Waals surface area (Å²) in [7, 11) is 1.60. The number of halogens is 2. The molecule has 18 heavy (non-hydrogen) atoms. The van der Waals surface area contributed by atoms with Crippen LogP contribution < -0.4 is 4.74 Å². The van der Waals surface area contributed by atoms with Crippen molar-refractivity contribution in [2.45, 2.75) is 32.6 Å².